The summed E-state index contributed by atoms with van der Waals surface area (Å²) in [5, 5.41) is 12.6. The maximum Gasteiger partial charge on any atom is 0.253 e. The molecular formula is C17H22N2O2S. The van der Waals surface area contributed by atoms with Crippen LogP contribution in [0.2, 0.25) is 0 Å². The number of aliphatic hydroxyl groups is 1. The van der Waals surface area contributed by atoms with Crippen LogP contribution >= 0.6 is 11.3 Å². The van der Waals surface area contributed by atoms with Gasteiger partial charge in [-0.3, -0.25) is 4.79 Å². The normalized spacial score (nSPS) is 11.5. The van der Waals surface area contributed by atoms with Gasteiger partial charge in [-0.15, -0.1) is 11.3 Å². The molecule has 0 saturated carbocycles. The van der Waals surface area contributed by atoms with Crippen LogP contribution in [0.15, 0.2) is 35.8 Å². The fourth-order valence-electron chi connectivity index (χ4n) is 2.09. The summed E-state index contributed by atoms with van der Waals surface area (Å²) in [4.78, 5) is 18.2. The van der Waals surface area contributed by atoms with Gasteiger partial charge in [0.2, 0.25) is 0 Å². The van der Waals surface area contributed by atoms with Gasteiger partial charge in [0.1, 0.15) is 5.01 Å². The van der Waals surface area contributed by atoms with E-state index in [1.807, 2.05) is 29.6 Å². The zero-order chi connectivity index (χ0) is 16.2. The summed E-state index contributed by atoms with van der Waals surface area (Å²) >= 11 is 1.55. The molecule has 1 aromatic carbocycles. The van der Waals surface area contributed by atoms with Crippen LogP contribution in [0.1, 0.15) is 41.2 Å². The van der Waals surface area contributed by atoms with Gasteiger partial charge in [-0.1, -0.05) is 12.1 Å². The third-order valence-corrected chi connectivity index (χ3v) is 4.19. The van der Waals surface area contributed by atoms with Crippen LogP contribution in [0.25, 0.3) is 0 Å². The molecule has 0 radical (unpaired) electrons. The van der Waals surface area contributed by atoms with Gasteiger partial charge < -0.3 is 10.0 Å². The van der Waals surface area contributed by atoms with Crippen molar-refractivity contribution in [2.45, 2.75) is 38.8 Å². The third kappa shape index (κ3) is 4.93. The number of amides is 1. The summed E-state index contributed by atoms with van der Waals surface area (Å²) in [6.45, 7) is 4.13. The standard InChI is InChI=1S/C17H22N2O2S/c1-17(2,21)9-8-13-4-6-14(7-5-13)16(20)19(3)12-15-18-10-11-22-15/h4-7,10-11,21H,8-9,12H2,1-3H3. The van der Waals surface area contributed by atoms with Crippen LogP contribution < -0.4 is 0 Å². The van der Waals surface area contributed by atoms with Crippen molar-refractivity contribution in [2.24, 2.45) is 0 Å². The van der Waals surface area contributed by atoms with E-state index in [2.05, 4.69) is 4.98 Å². The lowest BCUT2D eigenvalue weighted by Crippen LogP contribution is -2.26. The Bertz CT molecular complexity index is 601. The molecule has 0 saturated heterocycles. The topological polar surface area (TPSA) is 53.4 Å². The Labute approximate surface area is 135 Å². The SMILES string of the molecule is CN(Cc1nccs1)C(=O)c1ccc(CCC(C)(C)O)cc1. The van der Waals surface area contributed by atoms with E-state index in [1.165, 1.54) is 0 Å². The molecular weight excluding hydrogens is 296 g/mol. The van der Waals surface area contributed by atoms with E-state index in [-0.39, 0.29) is 5.91 Å². The number of hydrogen-bond acceptors (Lipinski definition) is 4. The van der Waals surface area contributed by atoms with Crippen molar-refractivity contribution in [1.82, 2.24) is 9.88 Å². The molecule has 118 valence electrons. The van der Waals surface area contributed by atoms with Crippen molar-refractivity contribution in [3.8, 4) is 0 Å². The molecule has 0 unspecified atom stereocenters. The molecule has 1 amide bonds. The lowest BCUT2D eigenvalue weighted by molar-refractivity contribution is 0.0713. The van der Waals surface area contributed by atoms with Crippen molar-refractivity contribution >= 4 is 17.2 Å². The van der Waals surface area contributed by atoms with E-state index in [4.69, 9.17) is 0 Å². The number of nitrogens with zero attached hydrogens (tertiary/aromatic N) is 2. The quantitative estimate of drug-likeness (QED) is 0.890. The number of rotatable bonds is 6. The van der Waals surface area contributed by atoms with Crippen molar-refractivity contribution in [3.05, 3.63) is 52.0 Å². The van der Waals surface area contributed by atoms with E-state index < -0.39 is 5.60 Å². The maximum atomic E-state index is 12.4. The number of aryl methyl sites for hydroxylation is 1. The number of benzene rings is 1. The second-order valence-electron chi connectivity index (χ2n) is 6.10. The average Bonchev–Trinajstić information content (AvgIpc) is 2.97. The first kappa shape index (κ1) is 16.6. The van der Waals surface area contributed by atoms with Gasteiger partial charge in [0, 0.05) is 24.2 Å². The molecule has 0 atom stereocenters. The molecule has 2 aromatic rings. The monoisotopic (exact) mass is 318 g/mol. The van der Waals surface area contributed by atoms with E-state index in [0.717, 1.165) is 17.0 Å². The molecule has 22 heavy (non-hydrogen) atoms. The molecule has 4 nitrogen and oxygen atoms in total. The number of carbonyl (C=O) groups is 1. The molecule has 1 N–H and O–H groups in total. The van der Waals surface area contributed by atoms with Gasteiger partial charge in [0.25, 0.3) is 5.91 Å². The Morgan fingerprint density at radius 3 is 2.55 bits per heavy atom. The van der Waals surface area contributed by atoms with E-state index in [1.54, 1.807) is 43.3 Å². The first-order chi connectivity index (χ1) is 10.3. The molecule has 0 fully saturated rings. The van der Waals surface area contributed by atoms with E-state index >= 15 is 0 Å². The Hall–Kier alpha value is -1.72. The third-order valence-electron chi connectivity index (χ3n) is 3.43. The second kappa shape index (κ2) is 7.03. The van der Waals surface area contributed by atoms with Crippen LogP contribution in [0, 0.1) is 0 Å². The first-order valence-corrected chi connectivity index (χ1v) is 8.18. The summed E-state index contributed by atoms with van der Waals surface area (Å²) < 4.78 is 0. The second-order valence-corrected chi connectivity index (χ2v) is 7.08. The molecule has 0 aliphatic heterocycles. The van der Waals surface area contributed by atoms with Gasteiger partial charge in [0.05, 0.1) is 12.1 Å². The van der Waals surface area contributed by atoms with Crippen LogP contribution in [0.3, 0.4) is 0 Å². The predicted octanol–water partition coefficient (Wildman–Crippen LogP) is 3.12. The van der Waals surface area contributed by atoms with Gasteiger partial charge in [-0.25, -0.2) is 4.98 Å². The molecule has 1 heterocycles. The molecule has 1 aromatic heterocycles. The Balaban J connectivity index is 1.95. The highest BCUT2D eigenvalue weighted by atomic mass is 32.1. The van der Waals surface area contributed by atoms with Gasteiger partial charge in [-0.2, -0.15) is 0 Å². The molecule has 0 bridgehead atoms. The highest BCUT2D eigenvalue weighted by Gasteiger charge is 2.14. The smallest absolute Gasteiger partial charge is 0.253 e. The lowest BCUT2D eigenvalue weighted by Gasteiger charge is -2.17. The van der Waals surface area contributed by atoms with Gasteiger partial charge in [0.15, 0.2) is 0 Å². The first-order valence-electron chi connectivity index (χ1n) is 7.30. The summed E-state index contributed by atoms with van der Waals surface area (Å²) in [6.07, 6.45) is 3.24. The fourth-order valence-corrected chi connectivity index (χ4v) is 2.76. The minimum Gasteiger partial charge on any atom is -0.390 e. The number of aromatic nitrogens is 1. The van der Waals surface area contributed by atoms with E-state index in [0.29, 0.717) is 18.5 Å². The zero-order valence-electron chi connectivity index (χ0n) is 13.2. The highest BCUT2D eigenvalue weighted by Crippen LogP contribution is 2.15. The summed E-state index contributed by atoms with van der Waals surface area (Å²) in [5.74, 6) is -0.00996. The molecule has 5 heteroatoms. The predicted molar refractivity (Wildman–Crippen MR) is 89.0 cm³/mol. The van der Waals surface area contributed by atoms with Crippen LogP contribution in [-0.2, 0) is 13.0 Å². The average molecular weight is 318 g/mol. The van der Waals surface area contributed by atoms with Crippen molar-refractivity contribution in [3.63, 3.8) is 0 Å². The summed E-state index contributed by atoms with van der Waals surface area (Å²) in [5.41, 5.74) is 1.13. The minimum atomic E-state index is -0.664. The van der Waals surface area contributed by atoms with Crippen LogP contribution in [0.5, 0.6) is 0 Å². The molecule has 0 aliphatic carbocycles. The van der Waals surface area contributed by atoms with Crippen molar-refractivity contribution in [2.75, 3.05) is 7.05 Å². The van der Waals surface area contributed by atoms with Crippen molar-refractivity contribution in [1.29, 1.82) is 0 Å². The minimum absolute atomic E-state index is 0.00996. The van der Waals surface area contributed by atoms with Crippen LogP contribution in [-0.4, -0.2) is 33.5 Å². The lowest BCUT2D eigenvalue weighted by atomic mass is 9.98. The van der Waals surface area contributed by atoms with Gasteiger partial charge >= 0.3 is 0 Å². The largest absolute Gasteiger partial charge is 0.390 e. The van der Waals surface area contributed by atoms with E-state index in [9.17, 15) is 9.90 Å². The number of carbonyl (C=O) groups excluding carboxylic acids is 1. The fraction of sp³-hybridized carbons (Fsp3) is 0.412. The Kier molecular flexibility index (Phi) is 5.32. The molecule has 0 aliphatic rings. The van der Waals surface area contributed by atoms with Gasteiger partial charge in [-0.05, 0) is 44.4 Å². The van der Waals surface area contributed by atoms with Crippen LogP contribution in [0.4, 0.5) is 0 Å². The summed E-state index contributed by atoms with van der Waals surface area (Å²) in [7, 11) is 1.78. The molecule has 2 rings (SSSR count). The maximum absolute atomic E-state index is 12.4. The number of thiazole rings is 1. The number of hydrogen-bond donors (Lipinski definition) is 1. The highest BCUT2D eigenvalue weighted by molar-refractivity contribution is 7.09. The Morgan fingerprint density at radius 1 is 1.32 bits per heavy atom. The van der Waals surface area contributed by atoms with Crippen molar-refractivity contribution < 1.29 is 9.90 Å². The Morgan fingerprint density at radius 2 is 2.00 bits per heavy atom. The zero-order valence-corrected chi connectivity index (χ0v) is 14.1. The summed E-state index contributed by atoms with van der Waals surface area (Å²) in [6, 6.07) is 7.60. The molecule has 0 spiro atoms.